The van der Waals surface area contributed by atoms with Crippen LogP contribution in [-0.2, 0) is 10.0 Å². The Morgan fingerprint density at radius 3 is 2.58 bits per heavy atom. The predicted molar refractivity (Wildman–Crippen MR) is 92.0 cm³/mol. The number of benzene rings is 2. The van der Waals surface area contributed by atoms with Crippen molar-refractivity contribution in [3.8, 4) is 11.4 Å². The molecule has 0 aliphatic rings. The molecule has 0 aliphatic heterocycles. The summed E-state index contributed by atoms with van der Waals surface area (Å²) in [6.45, 7) is 2.41. The highest BCUT2D eigenvalue weighted by Crippen LogP contribution is 2.21. The first kappa shape index (κ1) is 16.1. The molecular weight excluding hydrogens is 326 g/mol. The predicted octanol–water partition coefficient (Wildman–Crippen LogP) is 3.07. The van der Waals surface area contributed by atoms with Gasteiger partial charge in [-0.3, -0.25) is 4.72 Å². The van der Waals surface area contributed by atoms with Gasteiger partial charge in [-0.1, -0.05) is 6.07 Å². The molecule has 2 aromatic carbocycles. The number of hydrogen-bond donors (Lipinski definition) is 1. The molecule has 0 radical (unpaired) electrons. The molecular formula is C17H17N3O3S. The molecule has 3 rings (SSSR count). The fourth-order valence-corrected chi connectivity index (χ4v) is 3.28. The number of hydrogen-bond acceptors (Lipinski definition) is 4. The van der Waals surface area contributed by atoms with E-state index in [0.29, 0.717) is 18.0 Å². The largest absolute Gasteiger partial charge is 0.494 e. The van der Waals surface area contributed by atoms with Crippen molar-refractivity contribution in [2.24, 2.45) is 0 Å². The molecule has 1 N–H and O–H groups in total. The summed E-state index contributed by atoms with van der Waals surface area (Å²) in [4.78, 5) is 0.176. The minimum Gasteiger partial charge on any atom is -0.494 e. The maximum absolute atomic E-state index is 12.5. The van der Waals surface area contributed by atoms with Gasteiger partial charge >= 0.3 is 0 Å². The number of anilines is 1. The summed E-state index contributed by atoms with van der Waals surface area (Å²) in [6.07, 6.45) is 3.46. The lowest BCUT2D eigenvalue weighted by Gasteiger charge is -2.10. The van der Waals surface area contributed by atoms with E-state index in [1.165, 1.54) is 12.1 Å². The number of nitrogens with zero attached hydrogens (tertiary/aromatic N) is 2. The molecule has 0 saturated heterocycles. The summed E-state index contributed by atoms with van der Waals surface area (Å²) in [7, 11) is -3.67. The summed E-state index contributed by atoms with van der Waals surface area (Å²) in [5, 5.41) is 4.13. The fourth-order valence-electron chi connectivity index (χ4n) is 2.23. The van der Waals surface area contributed by atoms with Crippen molar-refractivity contribution < 1.29 is 13.2 Å². The average Bonchev–Trinajstić information content (AvgIpc) is 3.10. The molecule has 1 heterocycles. The molecule has 7 heteroatoms. The van der Waals surface area contributed by atoms with Crippen LogP contribution in [0.25, 0.3) is 5.69 Å². The van der Waals surface area contributed by atoms with E-state index in [2.05, 4.69) is 9.82 Å². The third-order valence-corrected chi connectivity index (χ3v) is 4.71. The molecule has 0 bridgehead atoms. The van der Waals surface area contributed by atoms with Gasteiger partial charge in [-0.25, -0.2) is 13.1 Å². The maximum atomic E-state index is 12.5. The van der Waals surface area contributed by atoms with Gasteiger partial charge in [0.05, 0.1) is 22.9 Å². The Morgan fingerprint density at radius 2 is 1.92 bits per heavy atom. The zero-order valence-electron chi connectivity index (χ0n) is 13.1. The topological polar surface area (TPSA) is 73.2 Å². The molecule has 0 aliphatic carbocycles. The first-order valence-electron chi connectivity index (χ1n) is 7.44. The van der Waals surface area contributed by atoms with Gasteiger partial charge in [0.25, 0.3) is 10.0 Å². The van der Waals surface area contributed by atoms with Crippen molar-refractivity contribution in [3.63, 3.8) is 0 Å². The third kappa shape index (κ3) is 3.57. The molecule has 6 nitrogen and oxygen atoms in total. The Labute approximate surface area is 140 Å². The number of aromatic nitrogens is 2. The lowest BCUT2D eigenvalue weighted by Crippen LogP contribution is -2.13. The highest BCUT2D eigenvalue weighted by molar-refractivity contribution is 7.92. The SMILES string of the molecule is CCOc1ccc(S(=O)(=O)Nc2cccc(-n3cccn3)c2)cc1. The summed E-state index contributed by atoms with van der Waals surface area (Å²) >= 11 is 0. The van der Waals surface area contributed by atoms with Crippen LogP contribution in [0.5, 0.6) is 5.75 Å². The number of sulfonamides is 1. The monoisotopic (exact) mass is 343 g/mol. The zero-order valence-corrected chi connectivity index (χ0v) is 13.9. The minimum absolute atomic E-state index is 0.176. The Hall–Kier alpha value is -2.80. The van der Waals surface area contributed by atoms with Gasteiger partial charge in [0.1, 0.15) is 5.75 Å². The first-order chi connectivity index (χ1) is 11.6. The van der Waals surface area contributed by atoms with Gasteiger partial charge in [0.15, 0.2) is 0 Å². The highest BCUT2D eigenvalue weighted by atomic mass is 32.2. The van der Waals surface area contributed by atoms with Crippen LogP contribution in [0.1, 0.15) is 6.92 Å². The Morgan fingerprint density at radius 1 is 1.12 bits per heavy atom. The maximum Gasteiger partial charge on any atom is 0.261 e. The Bertz CT molecular complexity index is 905. The van der Waals surface area contributed by atoms with Crippen LogP contribution in [0.4, 0.5) is 5.69 Å². The van der Waals surface area contributed by atoms with Gasteiger partial charge in [0.2, 0.25) is 0 Å². The van der Waals surface area contributed by atoms with Crippen LogP contribution in [0.15, 0.2) is 71.9 Å². The second-order valence-electron chi connectivity index (χ2n) is 5.01. The van der Waals surface area contributed by atoms with E-state index >= 15 is 0 Å². The van der Waals surface area contributed by atoms with Gasteiger partial charge in [-0.2, -0.15) is 5.10 Å². The second kappa shape index (κ2) is 6.76. The minimum atomic E-state index is -3.67. The van der Waals surface area contributed by atoms with E-state index in [-0.39, 0.29) is 4.90 Å². The van der Waals surface area contributed by atoms with Crippen LogP contribution < -0.4 is 9.46 Å². The number of ether oxygens (including phenoxy) is 1. The van der Waals surface area contributed by atoms with Crippen molar-refractivity contribution in [1.82, 2.24) is 9.78 Å². The van der Waals surface area contributed by atoms with Crippen molar-refractivity contribution in [1.29, 1.82) is 0 Å². The van der Waals surface area contributed by atoms with Crippen molar-refractivity contribution in [3.05, 3.63) is 67.0 Å². The number of nitrogens with one attached hydrogen (secondary N) is 1. The normalized spacial score (nSPS) is 11.2. The molecule has 124 valence electrons. The quantitative estimate of drug-likeness (QED) is 0.746. The molecule has 0 saturated carbocycles. The summed E-state index contributed by atoms with van der Waals surface area (Å²) < 4.78 is 34.6. The zero-order chi connectivity index (χ0) is 17.0. The molecule has 0 unspecified atom stereocenters. The standard InChI is InChI=1S/C17H17N3O3S/c1-2-23-16-7-9-17(10-8-16)24(21,22)19-14-5-3-6-15(13-14)20-12-4-11-18-20/h3-13,19H,2H2,1H3. The molecule has 0 amide bonds. The van der Waals surface area contributed by atoms with E-state index in [1.807, 2.05) is 13.0 Å². The smallest absolute Gasteiger partial charge is 0.261 e. The van der Waals surface area contributed by atoms with Crippen LogP contribution >= 0.6 is 0 Å². The van der Waals surface area contributed by atoms with Gasteiger partial charge in [0, 0.05) is 12.4 Å². The van der Waals surface area contributed by atoms with E-state index < -0.39 is 10.0 Å². The number of rotatable bonds is 6. The van der Waals surface area contributed by atoms with Crippen LogP contribution in [0, 0.1) is 0 Å². The van der Waals surface area contributed by atoms with Crippen molar-refractivity contribution >= 4 is 15.7 Å². The van der Waals surface area contributed by atoms with Gasteiger partial charge < -0.3 is 4.74 Å². The van der Waals surface area contributed by atoms with Crippen LogP contribution in [0.2, 0.25) is 0 Å². The molecule has 24 heavy (non-hydrogen) atoms. The molecule has 0 fully saturated rings. The molecule has 0 spiro atoms. The Balaban J connectivity index is 1.83. The first-order valence-corrected chi connectivity index (χ1v) is 8.92. The summed E-state index contributed by atoms with van der Waals surface area (Å²) in [5.74, 6) is 0.636. The third-order valence-electron chi connectivity index (χ3n) is 3.31. The van der Waals surface area contributed by atoms with E-state index in [1.54, 1.807) is 53.5 Å². The summed E-state index contributed by atoms with van der Waals surface area (Å²) in [5.41, 5.74) is 1.24. The van der Waals surface area contributed by atoms with E-state index in [4.69, 9.17) is 4.74 Å². The van der Waals surface area contributed by atoms with Crippen LogP contribution in [0.3, 0.4) is 0 Å². The van der Waals surface area contributed by atoms with Gasteiger partial charge in [-0.15, -0.1) is 0 Å². The summed E-state index contributed by atoms with van der Waals surface area (Å²) in [6, 6.07) is 15.1. The van der Waals surface area contributed by atoms with Gasteiger partial charge in [-0.05, 0) is 55.5 Å². The fraction of sp³-hybridized carbons (Fsp3) is 0.118. The van der Waals surface area contributed by atoms with Crippen LogP contribution in [-0.4, -0.2) is 24.8 Å². The molecule has 0 atom stereocenters. The Kier molecular flexibility index (Phi) is 4.52. The molecule has 1 aromatic heterocycles. The average molecular weight is 343 g/mol. The van der Waals surface area contributed by atoms with E-state index in [9.17, 15) is 8.42 Å². The second-order valence-corrected chi connectivity index (χ2v) is 6.69. The van der Waals surface area contributed by atoms with Crippen molar-refractivity contribution in [2.75, 3.05) is 11.3 Å². The lowest BCUT2D eigenvalue weighted by atomic mass is 10.3. The lowest BCUT2D eigenvalue weighted by molar-refractivity contribution is 0.340. The van der Waals surface area contributed by atoms with E-state index in [0.717, 1.165) is 5.69 Å². The molecule has 3 aromatic rings. The van der Waals surface area contributed by atoms with Crippen molar-refractivity contribution in [2.45, 2.75) is 11.8 Å². The highest BCUT2D eigenvalue weighted by Gasteiger charge is 2.14.